The highest BCUT2D eigenvalue weighted by atomic mass is 79.9. The molecule has 0 atom stereocenters. The maximum atomic E-state index is 13.7. The maximum Gasteiger partial charge on any atom is 0.262 e. The number of hydrogen-bond donors (Lipinski definition) is 1. The van der Waals surface area contributed by atoms with Gasteiger partial charge in [-0.15, -0.1) is 0 Å². The van der Waals surface area contributed by atoms with Crippen molar-refractivity contribution in [2.75, 3.05) is 11.9 Å². The Labute approximate surface area is 151 Å². The summed E-state index contributed by atoms with van der Waals surface area (Å²) in [5, 5.41) is 6.55. The molecule has 0 aliphatic heterocycles. The van der Waals surface area contributed by atoms with Crippen LogP contribution in [0.25, 0.3) is 11.4 Å². The summed E-state index contributed by atoms with van der Waals surface area (Å²) in [6.45, 7) is 1.34. The molecule has 3 aromatic rings. The van der Waals surface area contributed by atoms with Gasteiger partial charge in [0, 0.05) is 17.0 Å². The Balaban J connectivity index is 1.69. The molecule has 0 fully saturated rings. The number of ether oxygens (including phenoxy) is 1. The Hall–Kier alpha value is -2.74. The van der Waals surface area contributed by atoms with Crippen LogP contribution in [-0.4, -0.2) is 22.7 Å². The van der Waals surface area contributed by atoms with Crippen LogP contribution in [0.4, 0.5) is 10.1 Å². The summed E-state index contributed by atoms with van der Waals surface area (Å²) >= 11 is 3.16. The van der Waals surface area contributed by atoms with Gasteiger partial charge < -0.3 is 14.6 Å². The van der Waals surface area contributed by atoms with Crippen molar-refractivity contribution in [2.24, 2.45) is 0 Å². The third-order valence-electron chi connectivity index (χ3n) is 3.22. The molecule has 0 radical (unpaired) electrons. The molecule has 0 bridgehead atoms. The lowest BCUT2D eigenvalue weighted by Gasteiger charge is -2.10. The van der Waals surface area contributed by atoms with Crippen molar-refractivity contribution in [3.05, 3.63) is 58.6 Å². The Morgan fingerprint density at radius 1 is 1.32 bits per heavy atom. The lowest BCUT2D eigenvalue weighted by Crippen LogP contribution is -2.20. The zero-order valence-corrected chi connectivity index (χ0v) is 14.7. The number of carbonyl (C=O) groups is 1. The lowest BCUT2D eigenvalue weighted by molar-refractivity contribution is -0.118. The van der Waals surface area contributed by atoms with Crippen LogP contribution in [0.15, 0.2) is 51.5 Å². The second-order valence-corrected chi connectivity index (χ2v) is 6.01. The van der Waals surface area contributed by atoms with Gasteiger partial charge in [0.05, 0.1) is 5.69 Å². The molecule has 0 spiro atoms. The number of nitrogens with zero attached hydrogens (tertiary/aromatic N) is 2. The molecule has 0 unspecified atom stereocenters. The molecule has 0 saturated carbocycles. The average molecular weight is 406 g/mol. The van der Waals surface area contributed by atoms with Crippen molar-refractivity contribution in [3.8, 4) is 17.1 Å². The fourth-order valence-electron chi connectivity index (χ4n) is 2.12. The van der Waals surface area contributed by atoms with E-state index >= 15 is 0 Å². The molecule has 3 rings (SSSR count). The first kappa shape index (κ1) is 17.1. The Kier molecular flexibility index (Phi) is 5.08. The highest BCUT2D eigenvalue weighted by Crippen LogP contribution is 2.25. The first-order valence-corrected chi connectivity index (χ1v) is 8.09. The summed E-state index contributed by atoms with van der Waals surface area (Å²) < 4.78 is 24.5. The predicted octanol–water partition coefficient (Wildman–Crippen LogP) is 3.96. The molecule has 2 aromatic carbocycles. The second-order valence-electron chi connectivity index (χ2n) is 5.09. The molecule has 0 aliphatic rings. The lowest BCUT2D eigenvalue weighted by atomic mass is 10.1. The molecule has 25 heavy (non-hydrogen) atoms. The summed E-state index contributed by atoms with van der Waals surface area (Å²) in [6.07, 6.45) is 0. The highest BCUT2D eigenvalue weighted by molar-refractivity contribution is 9.10. The molecule has 128 valence electrons. The molecule has 6 nitrogen and oxygen atoms in total. The molecule has 0 aliphatic carbocycles. The van der Waals surface area contributed by atoms with Crippen LogP contribution >= 0.6 is 15.9 Å². The Morgan fingerprint density at radius 3 is 2.84 bits per heavy atom. The fraction of sp³-hybridized carbons (Fsp3) is 0.118. The molecular formula is C17H13BrFN3O3. The van der Waals surface area contributed by atoms with Crippen molar-refractivity contribution in [1.29, 1.82) is 0 Å². The number of amides is 1. The van der Waals surface area contributed by atoms with Crippen molar-refractivity contribution in [2.45, 2.75) is 6.92 Å². The van der Waals surface area contributed by atoms with Crippen molar-refractivity contribution < 1.29 is 18.4 Å². The van der Waals surface area contributed by atoms with Gasteiger partial charge >= 0.3 is 0 Å². The summed E-state index contributed by atoms with van der Waals surface area (Å²) in [7, 11) is 0. The summed E-state index contributed by atoms with van der Waals surface area (Å²) in [5.41, 5.74) is 1.12. The molecule has 1 heterocycles. The first-order valence-electron chi connectivity index (χ1n) is 7.30. The van der Waals surface area contributed by atoms with Gasteiger partial charge in [-0.05, 0) is 30.3 Å². The Bertz CT molecular complexity index is 914. The number of carbonyl (C=O) groups excluding carboxylic acids is 1. The van der Waals surface area contributed by atoms with E-state index in [4.69, 9.17) is 9.26 Å². The van der Waals surface area contributed by atoms with Gasteiger partial charge in [-0.2, -0.15) is 4.98 Å². The van der Waals surface area contributed by atoms with E-state index in [1.54, 1.807) is 37.3 Å². The van der Waals surface area contributed by atoms with E-state index in [9.17, 15) is 9.18 Å². The van der Waals surface area contributed by atoms with E-state index < -0.39 is 11.7 Å². The second kappa shape index (κ2) is 7.43. The van der Waals surface area contributed by atoms with Crippen molar-refractivity contribution in [1.82, 2.24) is 10.1 Å². The summed E-state index contributed by atoms with van der Waals surface area (Å²) in [4.78, 5) is 16.3. The normalized spacial score (nSPS) is 10.5. The largest absolute Gasteiger partial charge is 0.481 e. The Morgan fingerprint density at radius 2 is 2.12 bits per heavy atom. The van der Waals surface area contributed by atoms with Crippen LogP contribution in [0.5, 0.6) is 5.75 Å². The smallest absolute Gasteiger partial charge is 0.262 e. The first-order chi connectivity index (χ1) is 12.0. The van der Waals surface area contributed by atoms with Gasteiger partial charge in [-0.25, -0.2) is 4.39 Å². The third-order valence-corrected chi connectivity index (χ3v) is 3.72. The van der Waals surface area contributed by atoms with E-state index in [1.165, 1.54) is 12.1 Å². The predicted molar refractivity (Wildman–Crippen MR) is 92.7 cm³/mol. The SMILES string of the molecule is Cc1nc(-c2ccccc2NC(=O)COc2ccc(Br)cc2F)no1. The van der Waals surface area contributed by atoms with Gasteiger partial charge in [0.1, 0.15) is 0 Å². The summed E-state index contributed by atoms with van der Waals surface area (Å²) in [6, 6.07) is 11.4. The third kappa shape index (κ3) is 4.21. The average Bonchev–Trinajstić information content (AvgIpc) is 3.01. The summed E-state index contributed by atoms with van der Waals surface area (Å²) in [5.74, 6) is -0.196. The van der Waals surface area contributed by atoms with E-state index in [2.05, 4.69) is 31.4 Å². The zero-order valence-electron chi connectivity index (χ0n) is 13.1. The minimum absolute atomic E-state index is 0.000396. The van der Waals surface area contributed by atoms with Crippen LogP contribution in [0, 0.1) is 12.7 Å². The van der Waals surface area contributed by atoms with Crippen LogP contribution in [0.1, 0.15) is 5.89 Å². The number of hydrogen-bond acceptors (Lipinski definition) is 5. The van der Waals surface area contributed by atoms with Gasteiger partial charge in [-0.3, -0.25) is 4.79 Å². The number of nitrogens with one attached hydrogen (secondary N) is 1. The van der Waals surface area contributed by atoms with E-state index in [-0.39, 0.29) is 12.4 Å². The van der Waals surface area contributed by atoms with Gasteiger partial charge in [0.2, 0.25) is 11.7 Å². The minimum Gasteiger partial charge on any atom is -0.481 e. The van der Waals surface area contributed by atoms with Crippen molar-refractivity contribution >= 4 is 27.5 Å². The number of aromatic nitrogens is 2. The van der Waals surface area contributed by atoms with Crippen LogP contribution in [-0.2, 0) is 4.79 Å². The number of anilines is 1. The van der Waals surface area contributed by atoms with E-state index in [0.29, 0.717) is 27.4 Å². The van der Waals surface area contributed by atoms with Crippen molar-refractivity contribution in [3.63, 3.8) is 0 Å². The number of benzene rings is 2. The molecule has 1 aromatic heterocycles. The molecular weight excluding hydrogens is 393 g/mol. The number of para-hydroxylation sites is 1. The number of aryl methyl sites for hydroxylation is 1. The quantitative estimate of drug-likeness (QED) is 0.694. The molecule has 1 N–H and O–H groups in total. The molecule has 1 amide bonds. The number of rotatable bonds is 5. The van der Waals surface area contributed by atoms with Gasteiger partial charge in [0.15, 0.2) is 18.2 Å². The van der Waals surface area contributed by atoms with Crippen LogP contribution < -0.4 is 10.1 Å². The maximum absolute atomic E-state index is 13.7. The zero-order chi connectivity index (χ0) is 17.8. The fourth-order valence-corrected chi connectivity index (χ4v) is 2.45. The number of halogens is 2. The minimum atomic E-state index is -0.551. The van der Waals surface area contributed by atoms with E-state index in [1.807, 2.05) is 0 Å². The molecule has 0 saturated heterocycles. The van der Waals surface area contributed by atoms with Gasteiger partial charge in [0.25, 0.3) is 5.91 Å². The topological polar surface area (TPSA) is 77.2 Å². The van der Waals surface area contributed by atoms with Gasteiger partial charge in [-0.1, -0.05) is 33.2 Å². The van der Waals surface area contributed by atoms with Crippen LogP contribution in [0.3, 0.4) is 0 Å². The molecule has 8 heteroatoms. The van der Waals surface area contributed by atoms with Crippen LogP contribution in [0.2, 0.25) is 0 Å². The standard InChI is InChI=1S/C17H13BrFN3O3/c1-10-20-17(22-25-10)12-4-2-3-5-14(12)21-16(23)9-24-15-7-6-11(18)8-13(15)19/h2-8H,9H2,1H3,(H,21,23). The van der Waals surface area contributed by atoms with E-state index in [0.717, 1.165) is 0 Å². The highest BCUT2D eigenvalue weighted by Gasteiger charge is 2.13. The monoisotopic (exact) mass is 405 g/mol.